The van der Waals surface area contributed by atoms with Gasteiger partial charge in [-0.1, -0.05) is 13.8 Å². The number of nitrogens with zero attached hydrogens (tertiary/aromatic N) is 2. The van der Waals surface area contributed by atoms with Crippen LogP contribution in [0.25, 0.3) is 0 Å². The molecule has 0 aromatic rings. The van der Waals surface area contributed by atoms with Gasteiger partial charge in [0, 0.05) is 39.3 Å². The van der Waals surface area contributed by atoms with Gasteiger partial charge in [-0.25, -0.2) is 0 Å². The summed E-state index contributed by atoms with van der Waals surface area (Å²) >= 11 is 0. The van der Waals surface area contributed by atoms with E-state index in [1.165, 1.54) is 32.2 Å². The molecule has 1 unspecified atom stereocenters. The second-order valence-corrected chi connectivity index (χ2v) is 8.59. The van der Waals surface area contributed by atoms with Gasteiger partial charge in [-0.05, 0) is 56.3 Å². The molecule has 0 aromatic carbocycles. The fourth-order valence-corrected chi connectivity index (χ4v) is 4.07. The third kappa shape index (κ3) is 6.45. The van der Waals surface area contributed by atoms with Gasteiger partial charge in [0.25, 0.3) is 0 Å². The topological polar surface area (TPSA) is 48.9 Å². The van der Waals surface area contributed by atoms with Gasteiger partial charge in [0.2, 0.25) is 0 Å². The van der Waals surface area contributed by atoms with Crippen molar-refractivity contribution >= 4 is 5.96 Å². The highest BCUT2D eigenvalue weighted by Gasteiger charge is 2.41. The molecule has 0 amide bonds. The van der Waals surface area contributed by atoms with Crippen molar-refractivity contribution in [2.24, 2.45) is 28.7 Å². The molecular formula is C20H38N4O. The lowest BCUT2D eigenvalue weighted by Gasteiger charge is -2.34. The van der Waals surface area contributed by atoms with Gasteiger partial charge in [-0.2, -0.15) is 0 Å². The van der Waals surface area contributed by atoms with Gasteiger partial charge in [0.1, 0.15) is 0 Å². The van der Waals surface area contributed by atoms with Crippen molar-refractivity contribution in [2.45, 2.75) is 52.6 Å². The molecule has 0 radical (unpaired) electrons. The van der Waals surface area contributed by atoms with Crippen molar-refractivity contribution in [1.29, 1.82) is 0 Å². The summed E-state index contributed by atoms with van der Waals surface area (Å²) in [7, 11) is 0. The summed E-state index contributed by atoms with van der Waals surface area (Å²) in [5.74, 6) is 4.45. The van der Waals surface area contributed by atoms with Gasteiger partial charge in [-0.3, -0.25) is 9.89 Å². The number of rotatable bonds is 9. The molecule has 3 rings (SSSR count). The normalized spacial score (nSPS) is 25.6. The number of morpholine rings is 1. The van der Waals surface area contributed by atoms with Gasteiger partial charge in [-0.15, -0.1) is 0 Å². The maximum absolute atomic E-state index is 5.95. The highest BCUT2D eigenvalue weighted by atomic mass is 16.5. The van der Waals surface area contributed by atoms with E-state index < -0.39 is 0 Å². The maximum atomic E-state index is 5.95. The molecule has 2 N–H and O–H groups in total. The fourth-order valence-electron chi connectivity index (χ4n) is 4.07. The van der Waals surface area contributed by atoms with Crippen molar-refractivity contribution in [3.8, 4) is 0 Å². The van der Waals surface area contributed by atoms with Crippen LogP contribution in [0.4, 0.5) is 0 Å². The monoisotopic (exact) mass is 350 g/mol. The van der Waals surface area contributed by atoms with E-state index in [-0.39, 0.29) is 6.10 Å². The minimum atomic E-state index is 0.263. The molecule has 25 heavy (non-hydrogen) atoms. The predicted molar refractivity (Wildman–Crippen MR) is 104 cm³/mol. The third-order valence-electron chi connectivity index (χ3n) is 5.60. The number of hydrogen-bond donors (Lipinski definition) is 2. The van der Waals surface area contributed by atoms with Crippen molar-refractivity contribution < 1.29 is 4.74 Å². The number of nitrogens with one attached hydrogen (secondary N) is 2. The van der Waals surface area contributed by atoms with Gasteiger partial charge in [0.15, 0.2) is 5.96 Å². The highest BCUT2D eigenvalue weighted by molar-refractivity contribution is 5.79. The van der Waals surface area contributed by atoms with Crippen molar-refractivity contribution in [1.82, 2.24) is 15.5 Å². The second kappa shape index (κ2) is 9.22. The van der Waals surface area contributed by atoms with E-state index in [1.807, 2.05) is 0 Å². The Bertz CT molecular complexity index is 419. The zero-order valence-corrected chi connectivity index (χ0v) is 16.5. The Hall–Kier alpha value is -0.810. The number of ether oxygens (including phenoxy) is 1. The average molecular weight is 351 g/mol. The maximum Gasteiger partial charge on any atom is 0.191 e. The van der Waals surface area contributed by atoms with Crippen LogP contribution in [0.2, 0.25) is 0 Å². The van der Waals surface area contributed by atoms with Crippen molar-refractivity contribution in [3.63, 3.8) is 0 Å². The molecule has 5 heteroatoms. The molecule has 1 heterocycles. The molecule has 1 aliphatic heterocycles. The summed E-state index contributed by atoms with van der Waals surface area (Å²) in [6.07, 6.45) is 5.99. The fraction of sp³-hybridized carbons (Fsp3) is 0.950. The number of guanidine groups is 1. The summed E-state index contributed by atoms with van der Waals surface area (Å²) < 4.78 is 5.95. The Morgan fingerprint density at radius 3 is 2.48 bits per heavy atom. The zero-order chi connectivity index (χ0) is 17.6. The molecule has 2 saturated carbocycles. The molecular weight excluding hydrogens is 312 g/mol. The van der Waals surface area contributed by atoms with Crippen LogP contribution >= 0.6 is 0 Å². The molecule has 1 atom stereocenters. The SMILES string of the molecule is CCNC(=NCC(C1CC1)C1CC1)NCC1CN(CC(C)C)CCO1. The summed E-state index contributed by atoms with van der Waals surface area (Å²) in [4.78, 5) is 7.44. The molecule has 0 spiro atoms. The summed E-state index contributed by atoms with van der Waals surface area (Å²) in [5, 5.41) is 6.93. The predicted octanol–water partition coefficient (Wildman–Crippen LogP) is 2.33. The average Bonchev–Trinajstić information content (AvgIpc) is 3.46. The van der Waals surface area contributed by atoms with E-state index in [2.05, 4.69) is 36.3 Å². The smallest absolute Gasteiger partial charge is 0.191 e. The van der Waals surface area contributed by atoms with Gasteiger partial charge >= 0.3 is 0 Å². The van der Waals surface area contributed by atoms with Crippen LogP contribution in [0.1, 0.15) is 46.5 Å². The molecule has 3 aliphatic rings. The Morgan fingerprint density at radius 2 is 1.88 bits per heavy atom. The molecule has 2 aliphatic carbocycles. The molecule has 3 fully saturated rings. The molecule has 144 valence electrons. The van der Waals surface area contributed by atoms with Crippen LogP contribution in [0, 0.1) is 23.7 Å². The van der Waals surface area contributed by atoms with E-state index in [0.29, 0.717) is 5.92 Å². The van der Waals surface area contributed by atoms with Gasteiger partial charge in [0.05, 0.1) is 12.7 Å². The largest absolute Gasteiger partial charge is 0.374 e. The quantitative estimate of drug-likeness (QED) is 0.495. The van der Waals surface area contributed by atoms with Gasteiger partial charge < -0.3 is 15.4 Å². The minimum absolute atomic E-state index is 0.263. The minimum Gasteiger partial charge on any atom is -0.374 e. The van der Waals surface area contributed by atoms with E-state index in [1.54, 1.807) is 0 Å². The second-order valence-electron chi connectivity index (χ2n) is 8.59. The molecule has 0 bridgehead atoms. The van der Waals surface area contributed by atoms with Crippen molar-refractivity contribution in [2.75, 3.05) is 45.9 Å². The third-order valence-corrected chi connectivity index (χ3v) is 5.60. The van der Waals surface area contributed by atoms with E-state index in [0.717, 1.165) is 63.0 Å². The van der Waals surface area contributed by atoms with E-state index >= 15 is 0 Å². The van der Waals surface area contributed by atoms with Crippen LogP contribution in [-0.4, -0.2) is 62.8 Å². The van der Waals surface area contributed by atoms with Crippen LogP contribution in [-0.2, 0) is 4.74 Å². The first kappa shape index (κ1) is 19.0. The van der Waals surface area contributed by atoms with E-state index in [9.17, 15) is 0 Å². The molecule has 0 aromatic heterocycles. The van der Waals surface area contributed by atoms with Crippen LogP contribution in [0.5, 0.6) is 0 Å². The first-order chi connectivity index (χ1) is 12.2. The Balaban J connectivity index is 1.45. The lowest BCUT2D eigenvalue weighted by Crippen LogP contribution is -2.50. The summed E-state index contributed by atoms with van der Waals surface area (Å²) in [5.41, 5.74) is 0. The molecule has 1 saturated heterocycles. The van der Waals surface area contributed by atoms with E-state index in [4.69, 9.17) is 9.73 Å². The lowest BCUT2D eigenvalue weighted by atomic mass is 9.98. The first-order valence-corrected chi connectivity index (χ1v) is 10.5. The van der Waals surface area contributed by atoms with Crippen molar-refractivity contribution in [3.05, 3.63) is 0 Å². The Morgan fingerprint density at radius 1 is 1.16 bits per heavy atom. The summed E-state index contributed by atoms with van der Waals surface area (Å²) in [6, 6.07) is 0. The zero-order valence-electron chi connectivity index (χ0n) is 16.5. The van der Waals surface area contributed by atoms with Crippen LogP contribution in [0.15, 0.2) is 4.99 Å². The van der Waals surface area contributed by atoms with Crippen LogP contribution < -0.4 is 10.6 Å². The Kier molecular flexibility index (Phi) is 7.00. The first-order valence-electron chi connectivity index (χ1n) is 10.5. The number of hydrogen-bond acceptors (Lipinski definition) is 3. The number of aliphatic imine (C=N–C) groups is 1. The summed E-state index contributed by atoms with van der Waals surface area (Å²) in [6.45, 7) is 13.6. The Labute approximate surface area is 154 Å². The lowest BCUT2D eigenvalue weighted by molar-refractivity contribution is -0.0284. The highest BCUT2D eigenvalue weighted by Crippen LogP contribution is 2.49. The van der Waals surface area contributed by atoms with Crippen LogP contribution in [0.3, 0.4) is 0 Å². The molecule has 5 nitrogen and oxygen atoms in total. The standard InChI is InChI=1S/C20H38N4O/c1-4-21-20(23-12-19(16-5-6-16)17-7-8-17)22-11-18-14-24(9-10-25-18)13-15(2)3/h15-19H,4-14H2,1-3H3,(H2,21,22,23).